The minimum Gasteiger partial charge on any atom is -0.497 e. The molecule has 0 radical (unpaired) electrons. The number of carbonyl (C=O) groups is 4. The van der Waals surface area contributed by atoms with Crippen LogP contribution in [0.25, 0.3) is 0 Å². The zero-order chi connectivity index (χ0) is 28.9. The number of benzene rings is 1. The van der Waals surface area contributed by atoms with Gasteiger partial charge < -0.3 is 28.7 Å². The van der Waals surface area contributed by atoms with Crippen LogP contribution in [0.3, 0.4) is 0 Å². The van der Waals surface area contributed by atoms with Crippen molar-refractivity contribution in [1.82, 2.24) is 9.80 Å². The van der Waals surface area contributed by atoms with Gasteiger partial charge in [0.25, 0.3) is 0 Å². The number of methoxy groups -OCH3 is 1. The van der Waals surface area contributed by atoms with Crippen LogP contribution < -0.4 is 4.74 Å². The standard InChI is InChI=1S/C30H40N2O8/c1-6-38-24(34)16-30-22-12-14-31(27(36)40-28(2,3)4)26(30)29(13-11-23(33)39-18-29)15-21(22)25(35)32(30)17-19-7-9-20(37-5)10-8-19/h7-10,21-22,26H,6,11-18H2,1-5H3/t21-,22-,26+,29+,30+/m1/s1. The lowest BCUT2D eigenvalue weighted by atomic mass is 9.51. The summed E-state index contributed by atoms with van der Waals surface area (Å²) in [6.07, 6.45) is 1.16. The van der Waals surface area contributed by atoms with Gasteiger partial charge in [0.1, 0.15) is 11.4 Å². The van der Waals surface area contributed by atoms with Crippen molar-refractivity contribution in [3.05, 3.63) is 29.8 Å². The molecule has 4 bridgehead atoms. The Bertz CT molecular complexity index is 1170. The summed E-state index contributed by atoms with van der Waals surface area (Å²) in [5.41, 5.74) is -1.58. The number of piperidine rings is 1. The highest BCUT2D eigenvalue weighted by atomic mass is 16.6. The Morgan fingerprint density at radius 3 is 2.48 bits per heavy atom. The van der Waals surface area contributed by atoms with Crippen LogP contribution in [0, 0.1) is 17.3 Å². The zero-order valence-electron chi connectivity index (χ0n) is 24.1. The number of cyclic esters (lactones) is 1. The monoisotopic (exact) mass is 556 g/mol. The first kappa shape index (κ1) is 28.2. The van der Waals surface area contributed by atoms with E-state index in [1.165, 1.54) is 0 Å². The molecule has 2 amide bonds. The van der Waals surface area contributed by atoms with Crippen molar-refractivity contribution in [1.29, 1.82) is 0 Å². The van der Waals surface area contributed by atoms with Crippen molar-refractivity contribution in [2.45, 2.75) is 83.5 Å². The van der Waals surface area contributed by atoms with Crippen LogP contribution in [-0.2, 0) is 35.1 Å². The molecule has 5 rings (SSSR count). The van der Waals surface area contributed by atoms with E-state index in [1.807, 2.05) is 49.9 Å². The van der Waals surface area contributed by atoms with Gasteiger partial charge in [-0.1, -0.05) is 12.1 Å². The summed E-state index contributed by atoms with van der Waals surface area (Å²) in [7, 11) is 1.60. The molecular formula is C30H40N2O8. The van der Waals surface area contributed by atoms with Crippen LogP contribution in [0.15, 0.2) is 24.3 Å². The summed E-state index contributed by atoms with van der Waals surface area (Å²) in [5.74, 6) is -0.541. The molecule has 10 nitrogen and oxygen atoms in total. The van der Waals surface area contributed by atoms with Gasteiger partial charge >= 0.3 is 18.0 Å². The molecule has 4 fully saturated rings. The van der Waals surface area contributed by atoms with Crippen LogP contribution in [0.4, 0.5) is 4.79 Å². The van der Waals surface area contributed by atoms with E-state index in [9.17, 15) is 19.2 Å². The molecule has 0 unspecified atom stereocenters. The van der Waals surface area contributed by atoms with E-state index in [2.05, 4.69) is 0 Å². The predicted molar refractivity (Wildman–Crippen MR) is 143 cm³/mol. The van der Waals surface area contributed by atoms with Gasteiger partial charge in [-0.15, -0.1) is 0 Å². The van der Waals surface area contributed by atoms with E-state index in [-0.39, 0.29) is 56.3 Å². The number of fused-ring (bicyclic) bond motifs is 1. The summed E-state index contributed by atoms with van der Waals surface area (Å²) in [4.78, 5) is 57.2. The summed E-state index contributed by atoms with van der Waals surface area (Å²) in [6, 6.07) is 6.91. The third-order valence-electron chi connectivity index (χ3n) is 9.09. The number of hydrogen-bond donors (Lipinski definition) is 0. The lowest BCUT2D eigenvalue weighted by Crippen LogP contribution is -2.75. The Balaban J connectivity index is 1.66. The van der Waals surface area contributed by atoms with E-state index in [0.29, 0.717) is 31.6 Å². The zero-order valence-corrected chi connectivity index (χ0v) is 24.1. The maximum atomic E-state index is 14.3. The van der Waals surface area contributed by atoms with Crippen LogP contribution in [-0.4, -0.2) is 77.8 Å². The molecule has 40 heavy (non-hydrogen) atoms. The van der Waals surface area contributed by atoms with Gasteiger partial charge in [-0.3, -0.25) is 14.4 Å². The lowest BCUT2D eigenvalue weighted by molar-refractivity contribution is -0.187. The molecule has 4 aliphatic rings. The van der Waals surface area contributed by atoms with Crippen LogP contribution >= 0.6 is 0 Å². The van der Waals surface area contributed by atoms with Gasteiger partial charge in [0.15, 0.2) is 0 Å². The Kier molecular flexibility index (Phi) is 7.25. The average Bonchev–Trinajstić information content (AvgIpc) is 3.05. The first-order valence-corrected chi connectivity index (χ1v) is 14.2. The summed E-state index contributed by atoms with van der Waals surface area (Å²) in [6.45, 7) is 8.16. The molecule has 3 heterocycles. The number of nitrogens with zero attached hydrogens (tertiary/aromatic N) is 2. The second-order valence-electron chi connectivity index (χ2n) is 12.6. The number of likely N-dealkylation sites (tertiary alicyclic amines) is 2. The Hall–Kier alpha value is -3.30. The molecule has 0 N–H and O–H groups in total. The van der Waals surface area contributed by atoms with Gasteiger partial charge in [0, 0.05) is 30.8 Å². The van der Waals surface area contributed by atoms with Crippen molar-refractivity contribution < 1.29 is 38.1 Å². The maximum Gasteiger partial charge on any atom is 0.410 e. The van der Waals surface area contributed by atoms with Crippen molar-refractivity contribution in [3.63, 3.8) is 0 Å². The highest BCUT2D eigenvalue weighted by Gasteiger charge is 2.75. The minimum absolute atomic E-state index is 0.0325. The highest BCUT2D eigenvalue weighted by Crippen LogP contribution is 2.64. The van der Waals surface area contributed by atoms with E-state index >= 15 is 0 Å². The van der Waals surface area contributed by atoms with E-state index < -0.39 is 34.7 Å². The number of rotatable bonds is 6. The topological polar surface area (TPSA) is 112 Å². The van der Waals surface area contributed by atoms with Gasteiger partial charge in [0.05, 0.1) is 38.3 Å². The molecule has 1 aromatic carbocycles. The molecule has 1 aromatic rings. The van der Waals surface area contributed by atoms with Crippen molar-refractivity contribution in [2.75, 3.05) is 26.9 Å². The predicted octanol–water partition coefficient (Wildman–Crippen LogP) is 3.70. The largest absolute Gasteiger partial charge is 0.497 e. The van der Waals surface area contributed by atoms with Crippen molar-refractivity contribution in [3.8, 4) is 5.75 Å². The van der Waals surface area contributed by atoms with Crippen molar-refractivity contribution >= 4 is 23.9 Å². The number of hydrogen-bond acceptors (Lipinski definition) is 8. The highest BCUT2D eigenvalue weighted by molar-refractivity contribution is 5.87. The van der Waals surface area contributed by atoms with Crippen LogP contribution in [0.1, 0.15) is 65.4 Å². The normalized spacial score (nSPS) is 31.2. The first-order valence-electron chi connectivity index (χ1n) is 14.2. The van der Waals surface area contributed by atoms with E-state index in [4.69, 9.17) is 18.9 Å². The fourth-order valence-electron chi connectivity index (χ4n) is 7.76. The third kappa shape index (κ3) is 4.69. The van der Waals surface area contributed by atoms with Crippen LogP contribution in [0.2, 0.25) is 0 Å². The fraction of sp³-hybridized carbons (Fsp3) is 0.667. The summed E-state index contributed by atoms with van der Waals surface area (Å²) >= 11 is 0. The first-order chi connectivity index (χ1) is 18.9. The number of amides is 2. The molecule has 3 saturated heterocycles. The third-order valence-corrected chi connectivity index (χ3v) is 9.09. The molecule has 3 aliphatic heterocycles. The SMILES string of the molecule is CCOC(=O)C[C@]12[C@@H]3CCN(C(=O)OC(C)(C)C)[C@H]1[C@@]1(CCC(=O)OC1)C[C@H]3C(=O)N2Cc1ccc(OC)cc1. The second kappa shape index (κ2) is 10.3. The Morgan fingerprint density at radius 2 is 1.88 bits per heavy atom. The number of esters is 2. The number of carbonyl (C=O) groups excluding carboxylic acids is 4. The molecule has 1 saturated carbocycles. The van der Waals surface area contributed by atoms with Crippen LogP contribution in [0.5, 0.6) is 5.75 Å². The van der Waals surface area contributed by atoms with Gasteiger partial charge in [-0.25, -0.2) is 4.79 Å². The molecule has 10 heteroatoms. The molecule has 5 atom stereocenters. The molecule has 1 aliphatic carbocycles. The second-order valence-corrected chi connectivity index (χ2v) is 12.6. The molecule has 218 valence electrons. The molecule has 0 aromatic heterocycles. The summed E-state index contributed by atoms with van der Waals surface area (Å²) < 4.78 is 22.3. The van der Waals surface area contributed by atoms with Gasteiger partial charge in [-0.05, 0) is 70.6 Å². The maximum absolute atomic E-state index is 14.3. The van der Waals surface area contributed by atoms with Gasteiger partial charge in [0.2, 0.25) is 5.91 Å². The average molecular weight is 557 g/mol. The van der Waals surface area contributed by atoms with E-state index in [0.717, 1.165) is 5.56 Å². The van der Waals surface area contributed by atoms with E-state index in [1.54, 1.807) is 18.9 Å². The quantitative estimate of drug-likeness (QED) is 0.385. The lowest BCUT2D eigenvalue weighted by Gasteiger charge is -2.63. The van der Waals surface area contributed by atoms with Crippen molar-refractivity contribution in [2.24, 2.45) is 17.3 Å². The summed E-state index contributed by atoms with van der Waals surface area (Å²) in [5, 5.41) is 0. The Labute approximate surface area is 235 Å². The van der Waals surface area contributed by atoms with Gasteiger partial charge in [-0.2, -0.15) is 0 Å². The molecular weight excluding hydrogens is 516 g/mol. The number of ether oxygens (including phenoxy) is 4. The fourth-order valence-corrected chi connectivity index (χ4v) is 7.76. The minimum atomic E-state index is -1.04. The molecule has 1 spiro atoms. The Morgan fingerprint density at radius 1 is 1.15 bits per heavy atom. The smallest absolute Gasteiger partial charge is 0.410 e.